The van der Waals surface area contributed by atoms with Crippen molar-refractivity contribution in [2.24, 2.45) is 0 Å². The second kappa shape index (κ2) is 5.94. The molecule has 0 aliphatic carbocycles. The number of nitrogens with one attached hydrogen (secondary N) is 1. The smallest absolute Gasteiger partial charge is 0.0798 e. The van der Waals surface area contributed by atoms with Crippen molar-refractivity contribution in [3.05, 3.63) is 45.4 Å². The highest BCUT2D eigenvalue weighted by molar-refractivity contribution is 7.09. The first-order valence-electron chi connectivity index (χ1n) is 7.16. The molecule has 0 bridgehead atoms. The maximum atomic E-state index is 4.28. The lowest BCUT2D eigenvalue weighted by molar-refractivity contribution is 0.692. The van der Waals surface area contributed by atoms with Crippen LogP contribution in [0.2, 0.25) is 0 Å². The third-order valence-corrected chi connectivity index (χ3v) is 4.89. The van der Waals surface area contributed by atoms with Gasteiger partial charge in [-0.1, -0.05) is 12.1 Å². The van der Waals surface area contributed by atoms with Crippen LogP contribution in [-0.2, 0) is 19.5 Å². The number of aryl methyl sites for hydroxylation is 2. The summed E-state index contributed by atoms with van der Waals surface area (Å²) in [6.07, 6.45) is 2.47. The van der Waals surface area contributed by atoms with Gasteiger partial charge in [-0.25, -0.2) is 4.98 Å². The van der Waals surface area contributed by atoms with Crippen molar-refractivity contribution in [1.82, 2.24) is 10.3 Å². The van der Waals surface area contributed by atoms with Crippen LogP contribution in [0.1, 0.15) is 28.1 Å². The van der Waals surface area contributed by atoms with Crippen LogP contribution in [-0.4, -0.2) is 18.6 Å². The Hall–Kier alpha value is -1.39. The van der Waals surface area contributed by atoms with Crippen LogP contribution in [0.15, 0.2) is 23.7 Å². The second-order valence-electron chi connectivity index (χ2n) is 5.45. The fraction of sp³-hybridized carbons (Fsp3) is 0.438. The molecule has 4 heteroatoms. The predicted molar refractivity (Wildman–Crippen MR) is 85.4 cm³/mol. The minimum Gasteiger partial charge on any atom is -0.374 e. The summed E-state index contributed by atoms with van der Waals surface area (Å²) < 4.78 is 0. The molecule has 2 aromatic rings. The first-order chi connectivity index (χ1) is 9.74. The number of fused-ring (bicyclic) bond motifs is 1. The van der Waals surface area contributed by atoms with Gasteiger partial charge in [0, 0.05) is 37.2 Å². The number of nitrogens with zero attached hydrogens (tertiary/aromatic N) is 2. The number of anilines is 1. The summed E-state index contributed by atoms with van der Waals surface area (Å²) in [5.74, 6) is 0. The van der Waals surface area contributed by atoms with Gasteiger partial charge in [-0.15, -0.1) is 11.3 Å². The zero-order valence-corrected chi connectivity index (χ0v) is 13.0. The molecule has 1 N–H and O–H groups in total. The molecule has 1 aromatic carbocycles. The lowest BCUT2D eigenvalue weighted by Crippen LogP contribution is -2.24. The van der Waals surface area contributed by atoms with Gasteiger partial charge in [-0.3, -0.25) is 0 Å². The van der Waals surface area contributed by atoms with E-state index in [2.05, 4.69) is 47.4 Å². The Morgan fingerprint density at radius 3 is 3.05 bits per heavy atom. The fourth-order valence-corrected chi connectivity index (χ4v) is 3.51. The fourth-order valence-electron chi connectivity index (χ4n) is 2.76. The molecule has 0 fully saturated rings. The summed E-state index contributed by atoms with van der Waals surface area (Å²) in [6.45, 7) is 5.08. The molecule has 20 heavy (non-hydrogen) atoms. The molecular formula is C16H21N3S. The van der Waals surface area contributed by atoms with E-state index in [-0.39, 0.29) is 0 Å². The number of aromatic nitrogens is 1. The van der Waals surface area contributed by atoms with Gasteiger partial charge < -0.3 is 10.2 Å². The Morgan fingerprint density at radius 1 is 1.35 bits per heavy atom. The number of benzene rings is 1. The van der Waals surface area contributed by atoms with Crippen LogP contribution >= 0.6 is 11.3 Å². The molecule has 1 aliphatic heterocycles. The van der Waals surface area contributed by atoms with Crippen molar-refractivity contribution < 1.29 is 0 Å². The van der Waals surface area contributed by atoms with E-state index in [0.29, 0.717) is 0 Å². The molecule has 0 atom stereocenters. The molecule has 2 heterocycles. The molecule has 3 rings (SSSR count). The zero-order chi connectivity index (χ0) is 13.9. The summed E-state index contributed by atoms with van der Waals surface area (Å²) >= 11 is 1.73. The monoisotopic (exact) mass is 287 g/mol. The Balaban J connectivity index is 1.62. The molecule has 0 amide bonds. The van der Waals surface area contributed by atoms with E-state index in [1.165, 1.54) is 41.1 Å². The van der Waals surface area contributed by atoms with E-state index in [0.717, 1.165) is 18.8 Å². The first-order valence-corrected chi connectivity index (χ1v) is 8.04. The molecule has 3 nitrogen and oxygen atoms in total. The SMILES string of the molecule is Cc1ncsc1CNCc1ccc2c(c1)CCCN2C. The maximum absolute atomic E-state index is 4.28. The van der Waals surface area contributed by atoms with Crippen molar-refractivity contribution in [2.75, 3.05) is 18.5 Å². The van der Waals surface area contributed by atoms with Crippen molar-refractivity contribution >= 4 is 17.0 Å². The van der Waals surface area contributed by atoms with Crippen molar-refractivity contribution in [3.8, 4) is 0 Å². The van der Waals surface area contributed by atoms with Gasteiger partial charge in [0.15, 0.2) is 0 Å². The highest BCUT2D eigenvalue weighted by atomic mass is 32.1. The van der Waals surface area contributed by atoms with E-state index in [1.807, 2.05) is 5.51 Å². The van der Waals surface area contributed by atoms with Gasteiger partial charge in [0.2, 0.25) is 0 Å². The molecule has 1 aromatic heterocycles. The Morgan fingerprint density at radius 2 is 2.25 bits per heavy atom. The van der Waals surface area contributed by atoms with Gasteiger partial charge in [0.25, 0.3) is 0 Å². The van der Waals surface area contributed by atoms with Crippen LogP contribution in [0, 0.1) is 6.92 Å². The highest BCUT2D eigenvalue weighted by Crippen LogP contribution is 2.26. The van der Waals surface area contributed by atoms with Gasteiger partial charge in [0.05, 0.1) is 11.2 Å². The van der Waals surface area contributed by atoms with E-state index in [9.17, 15) is 0 Å². The molecule has 0 radical (unpaired) electrons. The van der Waals surface area contributed by atoms with E-state index in [1.54, 1.807) is 11.3 Å². The average Bonchev–Trinajstić information content (AvgIpc) is 2.85. The molecular weight excluding hydrogens is 266 g/mol. The summed E-state index contributed by atoms with van der Waals surface area (Å²) in [6, 6.07) is 6.87. The average molecular weight is 287 g/mol. The van der Waals surface area contributed by atoms with Gasteiger partial charge in [-0.2, -0.15) is 0 Å². The van der Waals surface area contributed by atoms with E-state index in [4.69, 9.17) is 0 Å². The first kappa shape index (κ1) is 13.6. The maximum Gasteiger partial charge on any atom is 0.0798 e. The lowest BCUT2D eigenvalue weighted by atomic mass is 9.99. The largest absolute Gasteiger partial charge is 0.374 e. The second-order valence-corrected chi connectivity index (χ2v) is 6.39. The quantitative estimate of drug-likeness (QED) is 0.936. The topological polar surface area (TPSA) is 28.2 Å². The standard InChI is InChI=1S/C16H21N3S/c1-12-16(20-11-18-12)10-17-9-13-5-6-15-14(8-13)4-3-7-19(15)2/h5-6,8,11,17H,3-4,7,9-10H2,1-2H3. The van der Waals surface area contributed by atoms with Gasteiger partial charge in [-0.05, 0) is 37.0 Å². The zero-order valence-electron chi connectivity index (χ0n) is 12.1. The number of hydrogen-bond donors (Lipinski definition) is 1. The highest BCUT2D eigenvalue weighted by Gasteiger charge is 2.13. The summed E-state index contributed by atoms with van der Waals surface area (Å²) in [7, 11) is 2.18. The van der Waals surface area contributed by atoms with Crippen molar-refractivity contribution in [1.29, 1.82) is 0 Å². The predicted octanol–water partition coefficient (Wildman–Crippen LogP) is 3.12. The molecule has 0 unspecified atom stereocenters. The number of rotatable bonds is 4. The van der Waals surface area contributed by atoms with Crippen LogP contribution < -0.4 is 10.2 Å². The van der Waals surface area contributed by atoms with Crippen molar-refractivity contribution in [3.63, 3.8) is 0 Å². The minimum absolute atomic E-state index is 0.910. The third-order valence-electron chi connectivity index (χ3n) is 3.95. The van der Waals surface area contributed by atoms with Crippen LogP contribution in [0.5, 0.6) is 0 Å². The Labute approximate surface area is 124 Å². The molecule has 0 saturated heterocycles. The van der Waals surface area contributed by atoms with Crippen LogP contribution in [0.25, 0.3) is 0 Å². The Bertz CT molecular complexity index is 591. The van der Waals surface area contributed by atoms with Gasteiger partial charge >= 0.3 is 0 Å². The summed E-state index contributed by atoms with van der Waals surface area (Å²) in [5, 5.41) is 3.52. The number of hydrogen-bond acceptors (Lipinski definition) is 4. The minimum atomic E-state index is 0.910. The third kappa shape index (κ3) is 2.86. The van der Waals surface area contributed by atoms with E-state index >= 15 is 0 Å². The summed E-state index contributed by atoms with van der Waals surface area (Å²) in [5.41, 5.74) is 7.34. The normalized spacial score (nSPS) is 14.4. The van der Waals surface area contributed by atoms with E-state index < -0.39 is 0 Å². The van der Waals surface area contributed by atoms with Crippen molar-refractivity contribution in [2.45, 2.75) is 32.9 Å². The Kier molecular flexibility index (Phi) is 4.03. The van der Waals surface area contributed by atoms with Crippen LogP contribution in [0.3, 0.4) is 0 Å². The number of thiazole rings is 1. The molecule has 1 aliphatic rings. The lowest BCUT2D eigenvalue weighted by Gasteiger charge is -2.27. The van der Waals surface area contributed by atoms with Crippen LogP contribution in [0.4, 0.5) is 5.69 Å². The molecule has 0 spiro atoms. The molecule has 0 saturated carbocycles. The van der Waals surface area contributed by atoms with Gasteiger partial charge in [0.1, 0.15) is 0 Å². The molecule has 106 valence electrons. The summed E-state index contributed by atoms with van der Waals surface area (Å²) in [4.78, 5) is 7.97.